The Hall–Kier alpha value is -2.78. The molecule has 7 nitrogen and oxygen atoms in total. The number of aliphatic imine (C=N–C) groups is 1. The van der Waals surface area contributed by atoms with Gasteiger partial charge in [0, 0.05) is 30.3 Å². The van der Waals surface area contributed by atoms with Gasteiger partial charge in [-0.05, 0) is 30.8 Å². The molecule has 0 aliphatic carbocycles. The highest BCUT2D eigenvalue weighted by Gasteiger charge is 2.20. The number of allylic oxidation sites excluding steroid dienone is 1. The Morgan fingerprint density at radius 3 is 2.77 bits per heavy atom. The lowest BCUT2D eigenvalue weighted by atomic mass is 10.0. The van der Waals surface area contributed by atoms with Crippen molar-refractivity contribution >= 4 is 59.0 Å². The summed E-state index contributed by atoms with van der Waals surface area (Å²) in [6.45, 7) is 0.310. The van der Waals surface area contributed by atoms with Gasteiger partial charge in [0.2, 0.25) is 5.88 Å². The molecule has 1 aliphatic rings. The first-order valence-corrected chi connectivity index (χ1v) is 8.88. The second kappa shape index (κ2) is 7.22. The number of fused-ring (bicyclic) bond motifs is 1. The van der Waals surface area contributed by atoms with Crippen LogP contribution in [0.25, 0.3) is 11.6 Å². The molecule has 0 spiro atoms. The molecule has 2 heterocycles. The number of nitrogens with zero attached hydrogens (tertiary/aromatic N) is 2. The number of hydrogen-bond donors (Lipinski definition) is 3. The van der Waals surface area contributed by atoms with Crippen molar-refractivity contribution in [3.8, 4) is 5.88 Å². The van der Waals surface area contributed by atoms with Gasteiger partial charge in [0.15, 0.2) is 3.95 Å². The number of carboxylic acids is 2. The topological polar surface area (TPSA) is 112 Å². The molecule has 0 saturated carbocycles. The third-order valence-corrected chi connectivity index (χ3v) is 5.25. The Kier molecular flexibility index (Phi) is 5.01. The second-order valence-corrected chi connectivity index (χ2v) is 7.25. The van der Waals surface area contributed by atoms with Crippen LogP contribution >= 0.6 is 23.6 Å². The van der Waals surface area contributed by atoms with Crippen molar-refractivity contribution in [2.45, 2.75) is 19.4 Å². The van der Waals surface area contributed by atoms with Crippen molar-refractivity contribution in [1.29, 1.82) is 0 Å². The van der Waals surface area contributed by atoms with Crippen molar-refractivity contribution in [1.82, 2.24) is 4.57 Å². The number of carboxylic acid groups (broad SMARTS) is 2. The average Bonchev–Trinajstić information content (AvgIpc) is 3.10. The van der Waals surface area contributed by atoms with E-state index in [9.17, 15) is 19.8 Å². The summed E-state index contributed by atoms with van der Waals surface area (Å²) in [6.07, 6.45) is 3.60. The number of thiazole rings is 1. The number of rotatable bonds is 6. The molecule has 1 aliphatic heterocycles. The van der Waals surface area contributed by atoms with E-state index in [-0.39, 0.29) is 17.9 Å². The molecule has 0 amide bonds. The zero-order chi connectivity index (χ0) is 18.8. The summed E-state index contributed by atoms with van der Waals surface area (Å²) < 4.78 is 1.94. The standard InChI is InChI=1S/C17H14N2O5S2/c20-13(21)5-2-6-19-15(22)12(26-17(19)25)7-9-8-18-14-10(9)3-1-4-11(14)16(23)24/h1,3-4,7-8,22H,2,5-6H2,(H,20,21)(H,23,24). The van der Waals surface area contributed by atoms with Gasteiger partial charge in [0.25, 0.3) is 0 Å². The third-order valence-electron chi connectivity index (χ3n) is 3.86. The largest absolute Gasteiger partial charge is 0.493 e. The predicted octanol–water partition coefficient (Wildman–Crippen LogP) is 3.80. The summed E-state index contributed by atoms with van der Waals surface area (Å²) in [5.74, 6) is -1.99. The number of aromatic hydroxyl groups is 1. The van der Waals surface area contributed by atoms with Crippen molar-refractivity contribution in [3.63, 3.8) is 0 Å². The first-order chi connectivity index (χ1) is 12.4. The lowest BCUT2D eigenvalue weighted by molar-refractivity contribution is -0.137. The van der Waals surface area contributed by atoms with E-state index in [0.29, 0.717) is 38.6 Å². The van der Waals surface area contributed by atoms with Crippen LogP contribution in [0.3, 0.4) is 0 Å². The van der Waals surface area contributed by atoms with Crippen LogP contribution in [-0.2, 0) is 11.3 Å². The maximum absolute atomic E-state index is 11.3. The summed E-state index contributed by atoms with van der Waals surface area (Å²) >= 11 is 6.44. The van der Waals surface area contributed by atoms with E-state index < -0.39 is 11.9 Å². The molecule has 0 saturated heterocycles. The molecule has 26 heavy (non-hydrogen) atoms. The van der Waals surface area contributed by atoms with E-state index in [1.165, 1.54) is 22.0 Å². The summed E-state index contributed by atoms with van der Waals surface area (Å²) in [5.41, 5.74) is 1.84. The van der Waals surface area contributed by atoms with E-state index in [4.69, 9.17) is 17.3 Å². The highest BCUT2D eigenvalue weighted by Crippen LogP contribution is 2.38. The SMILES string of the molecule is O=C(O)CCCn1c(O)c(C=C2C=Nc3c(C(=O)O)cccc32)sc1=S. The van der Waals surface area contributed by atoms with Gasteiger partial charge in [0.05, 0.1) is 16.1 Å². The fourth-order valence-electron chi connectivity index (χ4n) is 2.64. The molecule has 0 atom stereocenters. The molecular formula is C17H14N2O5S2. The van der Waals surface area contributed by atoms with E-state index in [2.05, 4.69) is 4.99 Å². The molecule has 1 aromatic heterocycles. The van der Waals surface area contributed by atoms with Crippen LogP contribution in [0.2, 0.25) is 0 Å². The lowest BCUT2D eigenvalue weighted by Crippen LogP contribution is -2.01. The maximum Gasteiger partial charge on any atom is 0.337 e. The minimum Gasteiger partial charge on any atom is -0.493 e. The number of aliphatic carboxylic acids is 1. The molecule has 2 aromatic rings. The van der Waals surface area contributed by atoms with Gasteiger partial charge in [-0.1, -0.05) is 12.1 Å². The van der Waals surface area contributed by atoms with Crippen molar-refractivity contribution < 1.29 is 24.9 Å². The van der Waals surface area contributed by atoms with Gasteiger partial charge in [0.1, 0.15) is 0 Å². The molecule has 9 heteroatoms. The minimum atomic E-state index is -1.05. The molecule has 3 N–H and O–H groups in total. The average molecular weight is 390 g/mol. The molecule has 0 unspecified atom stereocenters. The first-order valence-electron chi connectivity index (χ1n) is 7.65. The van der Waals surface area contributed by atoms with Gasteiger partial charge in [-0.2, -0.15) is 0 Å². The van der Waals surface area contributed by atoms with Crippen LogP contribution in [0.4, 0.5) is 5.69 Å². The monoisotopic (exact) mass is 390 g/mol. The molecule has 134 valence electrons. The lowest BCUT2D eigenvalue weighted by Gasteiger charge is -2.04. The normalized spacial score (nSPS) is 13.9. The van der Waals surface area contributed by atoms with Gasteiger partial charge in [-0.15, -0.1) is 11.3 Å². The highest BCUT2D eigenvalue weighted by atomic mass is 32.1. The Morgan fingerprint density at radius 2 is 2.08 bits per heavy atom. The molecule has 0 bridgehead atoms. The number of benzene rings is 1. The zero-order valence-electron chi connectivity index (χ0n) is 13.4. The number of carbonyl (C=O) groups is 2. The smallest absolute Gasteiger partial charge is 0.337 e. The van der Waals surface area contributed by atoms with Crippen LogP contribution in [0.15, 0.2) is 23.2 Å². The van der Waals surface area contributed by atoms with Crippen LogP contribution in [-0.4, -0.2) is 38.0 Å². The van der Waals surface area contributed by atoms with E-state index in [0.717, 1.165) is 0 Å². The van der Waals surface area contributed by atoms with Crippen molar-refractivity contribution in [2.24, 2.45) is 4.99 Å². The van der Waals surface area contributed by atoms with Crippen LogP contribution < -0.4 is 0 Å². The maximum atomic E-state index is 11.3. The zero-order valence-corrected chi connectivity index (χ0v) is 15.0. The van der Waals surface area contributed by atoms with Crippen molar-refractivity contribution in [2.75, 3.05) is 0 Å². The van der Waals surface area contributed by atoms with Gasteiger partial charge in [-0.25, -0.2) is 4.79 Å². The minimum absolute atomic E-state index is 0.00845. The summed E-state index contributed by atoms with van der Waals surface area (Å²) in [6, 6.07) is 4.90. The Balaban J connectivity index is 1.93. The quantitative estimate of drug-likeness (QED) is 0.647. The molecular weight excluding hydrogens is 376 g/mol. The van der Waals surface area contributed by atoms with Crippen LogP contribution in [0, 0.1) is 3.95 Å². The summed E-state index contributed by atoms with van der Waals surface area (Å²) in [4.78, 5) is 26.6. The fourth-order valence-corrected chi connectivity index (χ4v) is 3.95. The highest BCUT2D eigenvalue weighted by molar-refractivity contribution is 7.73. The number of aromatic nitrogens is 1. The molecule has 0 fully saturated rings. The van der Waals surface area contributed by atoms with Gasteiger partial charge in [-0.3, -0.25) is 14.4 Å². The van der Waals surface area contributed by atoms with Crippen LogP contribution in [0.1, 0.15) is 33.6 Å². The Labute approximate surface area is 157 Å². The van der Waals surface area contributed by atoms with E-state index in [1.807, 2.05) is 0 Å². The predicted molar refractivity (Wildman–Crippen MR) is 101 cm³/mol. The van der Waals surface area contributed by atoms with Gasteiger partial charge < -0.3 is 15.3 Å². The van der Waals surface area contributed by atoms with E-state index >= 15 is 0 Å². The Morgan fingerprint density at radius 1 is 1.31 bits per heavy atom. The van der Waals surface area contributed by atoms with Crippen molar-refractivity contribution in [3.05, 3.63) is 38.2 Å². The Bertz CT molecular complexity index is 1020. The number of hydrogen-bond acceptors (Lipinski definition) is 6. The summed E-state index contributed by atoms with van der Waals surface area (Å²) in [7, 11) is 0. The second-order valence-electron chi connectivity index (χ2n) is 5.57. The first kappa shape index (κ1) is 18.0. The molecule has 1 aromatic carbocycles. The number of aromatic carboxylic acids is 1. The fraction of sp³-hybridized carbons (Fsp3) is 0.176. The van der Waals surface area contributed by atoms with Gasteiger partial charge >= 0.3 is 11.9 Å². The number of para-hydroxylation sites is 1. The molecule has 3 rings (SSSR count). The third kappa shape index (κ3) is 3.44. The van der Waals surface area contributed by atoms with Crippen LogP contribution in [0.5, 0.6) is 5.88 Å². The molecule has 0 radical (unpaired) electrons. The van der Waals surface area contributed by atoms with E-state index in [1.54, 1.807) is 24.4 Å². The summed E-state index contributed by atoms with van der Waals surface area (Å²) in [5, 5.41) is 28.4.